The molecule has 4 heteroatoms. The molecule has 23 heavy (non-hydrogen) atoms. The van der Waals surface area contributed by atoms with E-state index in [-0.39, 0.29) is 6.04 Å². The van der Waals surface area contributed by atoms with E-state index in [1.54, 1.807) is 7.11 Å². The van der Waals surface area contributed by atoms with Gasteiger partial charge in [-0.25, -0.2) is 0 Å². The molecule has 4 nitrogen and oxygen atoms in total. The van der Waals surface area contributed by atoms with Crippen LogP contribution >= 0.6 is 0 Å². The highest BCUT2D eigenvalue weighted by molar-refractivity contribution is 5.43. The van der Waals surface area contributed by atoms with Crippen LogP contribution in [0.3, 0.4) is 0 Å². The number of benzene rings is 1. The molecule has 1 aromatic carbocycles. The topological polar surface area (TPSA) is 43.6 Å². The zero-order valence-corrected chi connectivity index (χ0v) is 14.7. The summed E-state index contributed by atoms with van der Waals surface area (Å²) < 4.78 is 16.7. The lowest BCUT2D eigenvalue weighted by molar-refractivity contribution is 0.294. The molecule has 0 spiro atoms. The highest BCUT2D eigenvalue weighted by Crippen LogP contribution is 2.28. The number of furan rings is 1. The molecule has 1 unspecified atom stereocenters. The fraction of sp³-hybridized carbons (Fsp3) is 0.474. The lowest BCUT2D eigenvalue weighted by Crippen LogP contribution is -2.18. The summed E-state index contributed by atoms with van der Waals surface area (Å²) in [7, 11) is 1.67. The monoisotopic (exact) mass is 317 g/mol. The molecular formula is C19H27NO3. The second kappa shape index (κ2) is 8.06. The van der Waals surface area contributed by atoms with Crippen molar-refractivity contribution in [2.24, 2.45) is 0 Å². The molecule has 0 fully saturated rings. The number of aryl methyl sites for hydroxylation is 2. The van der Waals surface area contributed by atoms with Gasteiger partial charge in [0.15, 0.2) is 11.5 Å². The molecule has 0 radical (unpaired) electrons. The zero-order chi connectivity index (χ0) is 16.8. The number of hydrogen-bond donors (Lipinski definition) is 1. The Morgan fingerprint density at radius 1 is 1.17 bits per heavy atom. The Balaban J connectivity index is 2.01. The average Bonchev–Trinajstić information content (AvgIpc) is 2.89. The van der Waals surface area contributed by atoms with E-state index in [0.717, 1.165) is 41.5 Å². The second-order valence-corrected chi connectivity index (χ2v) is 5.80. The average molecular weight is 317 g/mol. The van der Waals surface area contributed by atoms with Crippen LogP contribution < -0.4 is 14.8 Å². The standard InChI is InChI=1S/C19H27NO3/c1-6-9-22-18-8-7-16(11-19(18)21-5)12-20-14(3)17-10-13(2)23-15(17)4/h7-8,10-11,14,20H,6,9,12H2,1-5H3. The van der Waals surface area contributed by atoms with Crippen molar-refractivity contribution in [1.82, 2.24) is 5.32 Å². The van der Waals surface area contributed by atoms with Crippen molar-refractivity contribution in [3.05, 3.63) is 46.9 Å². The highest BCUT2D eigenvalue weighted by Gasteiger charge is 2.13. The smallest absolute Gasteiger partial charge is 0.161 e. The lowest BCUT2D eigenvalue weighted by Gasteiger charge is -2.15. The first-order valence-corrected chi connectivity index (χ1v) is 8.15. The van der Waals surface area contributed by atoms with Crippen LogP contribution in [-0.4, -0.2) is 13.7 Å². The minimum Gasteiger partial charge on any atom is -0.493 e. The van der Waals surface area contributed by atoms with Crippen LogP contribution in [0.2, 0.25) is 0 Å². The van der Waals surface area contributed by atoms with Crippen LogP contribution in [0.15, 0.2) is 28.7 Å². The first kappa shape index (κ1) is 17.4. The highest BCUT2D eigenvalue weighted by atomic mass is 16.5. The van der Waals surface area contributed by atoms with Crippen molar-refractivity contribution in [1.29, 1.82) is 0 Å². The summed E-state index contributed by atoms with van der Waals surface area (Å²) in [5.74, 6) is 3.50. The van der Waals surface area contributed by atoms with Gasteiger partial charge in [0.25, 0.3) is 0 Å². The molecule has 2 rings (SSSR count). The quantitative estimate of drug-likeness (QED) is 0.776. The van der Waals surface area contributed by atoms with Gasteiger partial charge in [-0.05, 0) is 51.0 Å². The maximum absolute atomic E-state index is 5.69. The molecule has 1 heterocycles. The van der Waals surface area contributed by atoms with Gasteiger partial charge in [0, 0.05) is 18.2 Å². The number of nitrogens with one attached hydrogen (secondary N) is 1. The minimum absolute atomic E-state index is 0.231. The Bertz CT molecular complexity index is 634. The molecule has 0 saturated carbocycles. The summed E-state index contributed by atoms with van der Waals surface area (Å²) in [6, 6.07) is 8.40. The van der Waals surface area contributed by atoms with Crippen molar-refractivity contribution < 1.29 is 13.9 Å². The van der Waals surface area contributed by atoms with E-state index in [9.17, 15) is 0 Å². The van der Waals surface area contributed by atoms with Gasteiger partial charge in [0.2, 0.25) is 0 Å². The molecule has 1 atom stereocenters. The normalized spacial score (nSPS) is 12.2. The van der Waals surface area contributed by atoms with Crippen LogP contribution in [0, 0.1) is 13.8 Å². The van der Waals surface area contributed by atoms with E-state index in [0.29, 0.717) is 6.61 Å². The molecule has 0 amide bonds. The van der Waals surface area contributed by atoms with Gasteiger partial charge in [0.05, 0.1) is 13.7 Å². The summed E-state index contributed by atoms with van der Waals surface area (Å²) in [6.45, 7) is 9.67. The molecule has 126 valence electrons. The third-order valence-electron chi connectivity index (χ3n) is 3.85. The van der Waals surface area contributed by atoms with Crippen molar-refractivity contribution in [3.63, 3.8) is 0 Å². The van der Waals surface area contributed by atoms with Crippen LogP contribution in [-0.2, 0) is 6.54 Å². The molecule has 2 aromatic rings. The number of rotatable bonds is 8. The van der Waals surface area contributed by atoms with E-state index in [4.69, 9.17) is 13.9 Å². The Morgan fingerprint density at radius 2 is 1.96 bits per heavy atom. The van der Waals surface area contributed by atoms with Crippen molar-refractivity contribution in [3.8, 4) is 11.5 Å². The SMILES string of the molecule is CCCOc1ccc(CNC(C)c2cc(C)oc2C)cc1OC. The predicted molar refractivity (Wildman–Crippen MR) is 92.2 cm³/mol. The van der Waals surface area contributed by atoms with Crippen LogP contribution in [0.5, 0.6) is 11.5 Å². The van der Waals surface area contributed by atoms with Gasteiger partial charge in [-0.15, -0.1) is 0 Å². The molecule has 0 bridgehead atoms. The van der Waals surface area contributed by atoms with Crippen LogP contribution in [0.25, 0.3) is 0 Å². The minimum atomic E-state index is 0.231. The molecule has 0 aliphatic heterocycles. The molecule has 1 aromatic heterocycles. The van der Waals surface area contributed by atoms with Gasteiger partial charge in [-0.1, -0.05) is 13.0 Å². The number of methoxy groups -OCH3 is 1. The summed E-state index contributed by atoms with van der Waals surface area (Å²) in [6.07, 6.45) is 0.980. The zero-order valence-electron chi connectivity index (χ0n) is 14.7. The first-order valence-electron chi connectivity index (χ1n) is 8.15. The van der Waals surface area contributed by atoms with Gasteiger partial charge in [0.1, 0.15) is 11.5 Å². The van der Waals surface area contributed by atoms with E-state index in [1.807, 2.05) is 26.0 Å². The van der Waals surface area contributed by atoms with Crippen molar-refractivity contribution in [2.45, 2.75) is 46.7 Å². The Kier molecular flexibility index (Phi) is 6.11. The Hall–Kier alpha value is -1.94. The van der Waals surface area contributed by atoms with E-state index >= 15 is 0 Å². The van der Waals surface area contributed by atoms with Gasteiger partial charge >= 0.3 is 0 Å². The third kappa shape index (κ3) is 4.52. The van der Waals surface area contributed by atoms with Gasteiger partial charge in [-0.2, -0.15) is 0 Å². The Morgan fingerprint density at radius 3 is 2.57 bits per heavy atom. The number of hydrogen-bond acceptors (Lipinski definition) is 4. The van der Waals surface area contributed by atoms with Crippen LogP contribution in [0.4, 0.5) is 0 Å². The summed E-state index contributed by atoms with van der Waals surface area (Å²) >= 11 is 0. The largest absolute Gasteiger partial charge is 0.493 e. The maximum atomic E-state index is 5.69. The molecular weight excluding hydrogens is 290 g/mol. The summed E-state index contributed by atoms with van der Waals surface area (Å²) in [4.78, 5) is 0. The lowest BCUT2D eigenvalue weighted by atomic mass is 10.1. The Labute approximate surface area is 138 Å². The van der Waals surface area contributed by atoms with E-state index < -0.39 is 0 Å². The molecule has 0 aliphatic rings. The summed E-state index contributed by atoms with van der Waals surface area (Å²) in [5.41, 5.74) is 2.37. The fourth-order valence-corrected chi connectivity index (χ4v) is 2.61. The third-order valence-corrected chi connectivity index (χ3v) is 3.85. The van der Waals surface area contributed by atoms with Crippen LogP contribution in [0.1, 0.15) is 49.0 Å². The fourth-order valence-electron chi connectivity index (χ4n) is 2.61. The molecule has 0 aliphatic carbocycles. The van der Waals surface area contributed by atoms with E-state index in [1.165, 1.54) is 5.56 Å². The maximum Gasteiger partial charge on any atom is 0.161 e. The second-order valence-electron chi connectivity index (χ2n) is 5.80. The number of ether oxygens (including phenoxy) is 2. The molecule has 1 N–H and O–H groups in total. The van der Waals surface area contributed by atoms with E-state index in [2.05, 4.69) is 31.3 Å². The summed E-state index contributed by atoms with van der Waals surface area (Å²) in [5, 5.41) is 3.53. The molecule has 0 saturated heterocycles. The van der Waals surface area contributed by atoms with Crippen molar-refractivity contribution >= 4 is 0 Å². The first-order chi connectivity index (χ1) is 11.0. The van der Waals surface area contributed by atoms with Gasteiger partial charge in [-0.3, -0.25) is 0 Å². The predicted octanol–water partition coefficient (Wildman–Crippen LogP) is 4.54. The van der Waals surface area contributed by atoms with Gasteiger partial charge < -0.3 is 19.2 Å². The van der Waals surface area contributed by atoms with Crippen molar-refractivity contribution in [2.75, 3.05) is 13.7 Å².